The maximum atomic E-state index is 3.60. The fraction of sp³-hybridized carbons (Fsp3) is 0.250. The van der Waals surface area contributed by atoms with Crippen molar-refractivity contribution < 1.29 is 0 Å². The summed E-state index contributed by atoms with van der Waals surface area (Å²) in [5, 5.41) is 3.60. The molecule has 4 rings (SSSR count). The van der Waals surface area contributed by atoms with E-state index in [1.54, 1.807) is 0 Å². The second-order valence-electron chi connectivity index (χ2n) is 10.9. The Morgan fingerprint density at radius 1 is 0.424 bits per heavy atom. The van der Waals surface area contributed by atoms with E-state index in [0.29, 0.717) is 0 Å². The molecule has 0 bridgehead atoms. The van der Waals surface area contributed by atoms with Crippen molar-refractivity contribution in [1.82, 2.24) is 0 Å². The van der Waals surface area contributed by atoms with E-state index < -0.39 is 0 Å². The maximum absolute atomic E-state index is 3.60. The van der Waals surface area contributed by atoms with Gasteiger partial charge in [0.2, 0.25) is 0 Å². The van der Waals surface area contributed by atoms with Crippen LogP contribution in [0, 0.1) is 0 Å². The number of hydrogen-bond donors (Lipinski definition) is 1. The fourth-order valence-electron chi connectivity index (χ4n) is 4.05. The molecule has 0 saturated heterocycles. The largest absolute Gasteiger partial charge is 0.355 e. The average Bonchev–Trinajstić information content (AvgIpc) is 2.78. The van der Waals surface area contributed by atoms with E-state index >= 15 is 0 Å². The summed E-state index contributed by atoms with van der Waals surface area (Å²) in [7, 11) is 0. The van der Waals surface area contributed by atoms with E-state index in [2.05, 4.69) is 144 Å². The monoisotopic (exact) mass is 433 g/mol. The van der Waals surface area contributed by atoms with Gasteiger partial charge in [-0.15, -0.1) is 0 Å². The molecule has 1 N–H and O–H groups in total. The van der Waals surface area contributed by atoms with Gasteiger partial charge in [0, 0.05) is 11.4 Å². The minimum atomic E-state index is 0.167. The smallest absolute Gasteiger partial charge is 0.0390 e. The molecule has 0 aliphatic rings. The summed E-state index contributed by atoms with van der Waals surface area (Å²) in [6.07, 6.45) is 0. The lowest BCUT2D eigenvalue weighted by molar-refractivity contribution is 0.590. The Hall–Kier alpha value is -3.32. The molecule has 0 aromatic heterocycles. The topological polar surface area (TPSA) is 12.0 Å². The molecular weight excluding hydrogens is 398 g/mol. The van der Waals surface area contributed by atoms with Crippen molar-refractivity contribution in [3.8, 4) is 22.3 Å². The molecule has 0 amide bonds. The molecule has 0 aliphatic heterocycles. The van der Waals surface area contributed by atoms with Gasteiger partial charge in [0.15, 0.2) is 0 Å². The van der Waals surface area contributed by atoms with E-state index in [1.807, 2.05) is 0 Å². The predicted octanol–water partition coefficient (Wildman–Crippen LogP) is 9.36. The molecule has 0 unspecified atom stereocenters. The molecule has 0 spiro atoms. The first-order valence-electron chi connectivity index (χ1n) is 11.8. The summed E-state index contributed by atoms with van der Waals surface area (Å²) in [5.74, 6) is 0. The van der Waals surface area contributed by atoms with E-state index in [0.717, 1.165) is 11.4 Å². The molecule has 1 heteroatoms. The van der Waals surface area contributed by atoms with Crippen LogP contribution in [-0.4, -0.2) is 0 Å². The number of nitrogens with one attached hydrogen (secondary N) is 1. The molecule has 0 heterocycles. The Kier molecular flexibility index (Phi) is 6.17. The first kappa shape index (κ1) is 22.9. The highest BCUT2D eigenvalue weighted by Crippen LogP contribution is 2.30. The molecule has 0 fully saturated rings. The number of benzene rings is 4. The van der Waals surface area contributed by atoms with Crippen LogP contribution in [0.2, 0.25) is 0 Å². The first-order valence-corrected chi connectivity index (χ1v) is 11.8. The van der Waals surface area contributed by atoms with Gasteiger partial charge in [-0.25, -0.2) is 0 Å². The molecule has 4 aromatic carbocycles. The Morgan fingerprint density at radius 3 is 1.12 bits per heavy atom. The quantitative estimate of drug-likeness (QED) is 0.338. The average molecular weight is 434 g/mol. The van der Waals surface area contributed by atoms with E-state index in [1.165, 1.54) is 33.4 Å². The SMILES string of the molecule is CC(C)(C)c1ccc(-c2cccc(Nc3cccc(-c4ccc(C(C)(C)C)cc4)c3)c2)cc1. The minimum Gasteiger partial charge on any atom is -0.355 e. The number of hydrogen-bond acceptors (Lipinski definition) is 1. The van der Waals surface area contributed by atoms with E-state index in [-0.39, 0.29) is 10.8 Å². The molecule has 0 saturated carbocycles. The molecule has 1 nitrogen and oxygen atoms in total. The maximum Gasteiger partial charge on any atom is 0.0390 e. The van der Waals surface area contributed by atoms with Crippen molar-refractivity contribution >= 4 is 11.4 Å². The van der Waals surface area contributed by atoms with Gasteiger partial charge in [0.05, 0.1) is 0 Å². The highest BCUT2D eigenvalue weighted by molar-refractivity contribution is 5.74. The fourth-order valence-corrected chi connectivity index (χ4v) is 4.05. The van der Waals surface area contributed by atoms with Crippen LogP contribution in [0.15, 0.2) is 97.1 Å². The Bertz CT molecular complexity index is 1120. The number of rotatable bonds is 4. The Morgan fingerprint density at radius 2 is 0.788 bits per heavy atom. The van der Waals surface area contributed by atoms with Crippen LogP contribution in [0.25, 0.3) is 22.3 Å². The van der Waals surface area contributed by atoms with Gasteiger partial charge >= 0.3 is 0 Å². The lowest BCUT2D eigenvalue weighted by Crippen LogP contribution is -2.10. The van der Waals surface area contributed by atoms with Crippen molar-refractivity contribution in [3.05, 3.63) is 108 Å². The third-order valence-corrected chi connectivity index (χ3v) is 6.18. The summed E-state index contributed by atoms with van der Waals surface area (Å²) in [6.45, 7) is 13.5. The van der Waals surface area contributed by atoms with Crippen molar-refractivity contribution in [3.63, 3.8) is 0 Å². The van der Waals surface area contributed by atoms with Gasteiger partial charge in [0.25, 0.3) is 0 Å². The van der Waals surface area contributed by atoms with Crippen molar-refractivity contribution in [2.45, 2.75) is 52.4 Å². The van der Waals surface area contributed by atoms with Crippen LogP contribution in [0.4, 0.5) is 11.4 Å². The van der Waals surface area contributed by atoms with E-state index in [4.69, 9.17) is 0 Å². The Balaban J connectivity index is 1.54. The van der Waals surface area contributed by atoms with Crippen LogP contribution in [0.5, 0.6) is 0 Å². The third kappa shape index (κ3) is 5.54. The van der Waals surface area contributed by atoms with Crippen LogP contribution >= 0.6 is 0 Å². The molecule has 33 heavy (non-hydrogen) atoms. The zero-order chi connectivity index (χ0) is 23.6. The van der Waals surface area contributed by atoms with Gasteiger partial charge < -0.3 is 5.32 Å². The molecule has 4 aromatic rings. The lowest BCUT2D eigenvalue weighted by atomic mass is 9.86. The molecular formula is C32H35N. The lowest BCUT2D eigenvalue weighted by Gasteiger charge is -2.19. The van der Waals surface area contributed by atoms with Gasteiger partial charge in [0.1, 0.15) is 0 Å². The standard InChI is InChI=1S/C32H35N/c1-31(2,3)27-17-13-23(14-18-27)25-9-7-11-29(21-25)33-30-12-8-10-26(22-30)24-15-19-28(20-16-24)32(4,5)6/h7-22,33H,1-6H3. The van der Waals surface area contributed by atoms with Crippen molar-refractivity contribution in [2.75, 3.05) is 5.32 Å². The van der Waals surface area contributed by atoms with Crippen LogP contribution in [-0.2, 0) is 10.8 Å². The van der Waals surface area contributed by atoms with Crippen molar-refractivity contribution in [1.29, 1.82) is 0 Å². The van der Waals surface area contributed by atoms with Crippen LogP contribution in [0.1, 0.15) is 52.7 Å². The van der Waals surface area contributed by atoms with Gasteiger partial charge in [-0.3, -0.25) is 0 Å². The highest BCUT2D eigenvalue weighted by Gasteiger charge is 2.14. The second kappa shape index (κ2) is 8.90. The second-order valence-corrected chi connectivity index (χ2v) is 10.9. The number of anilines is 2. The van der Waals surface area contributed by atoms with E-state index in [9.17, 15) is 0 Å². The van der Waals surface area contributed by atoms with Gasteiger partial charge in [-0.2, -0.15) is 0 Å². The summed E-state index contributed by atoms with van der Waals surface area (Å²) in [4.78, 5) is 0. The molecule has 0 radical (unpaired) electrons. The summed E-state index contributed by atoms with van der Waals surface area (Å²) < 4.78 is 0. The Labute approximate surface area is 199 Å². The molecule has 0 aliphatic carbocycles. The third-order valence-electron chi connectivity index (χ3n) is 6.18. The van der Waals surface area contributed by atoms with Gasteiger partial charge in [-0.05, 0) is 68.5 Å². The van der Waals surface area contributed by atoms with Crippen molar-refractivity contribution in [2.24, 2.45) is 0 Å². The van der Waals surface area contributed by atoms with Gasteiger partial charge in [-0.1, -0.05) is 114 Å². The van der Waals surface area contributed by atoms with Crippen LogP contribution < -0.4 is 5.32 Å². The zero-order valence-electron chi connectivity index (χ0n) is 20.7. The summed E-state index contributed by atoms with van der Waals surface area (Å²) in [6, 6.07) is 35.1. The zero-order valence-corrected chi connectivity index (χ0v) is 20.7. The molecule has 168 valence electrons. The molecule has 0 atom stereocenters. The predicted molar refractivity (Wildman–Crippen MR) is 144 cm³/mol. The summed E-state index contributed by atoms with van der Waals surface area (Å²) >= 11 is 0. The highest BCUT2D eigenvalue weighted by atomic mass is 14.9. The van der Waals surface area contributed by atoms with Crippen LogP contribution in [0.3, 0.4) is 0 Å². The normalized spacial score (nSPS) is 11.9. The first-order chi connectivity index (χ1) is 15.6. The minimum absolute atomic E-state index is 0.167. The summed E-state index contributed by atoms with van der Waals surface area (Å²) in [5.41, 5.74) is 10.1.